The van der Waals surface area contributed by atoms with Gasteiger partial charge in [-0.15, -0.1) is 0 Å². The molecule has 0 radical (unpaired) electrons. The highest BCUT2D eigenvalue weighted by Gasteiger charge is 2.24. The number of hydrogen-bond donors (Lipinski definition) is 2. The summed E-state index contributed by atoms with van der Waals surface area (Å²) in [5.74, 6) is 0. The van der Waals surface area contributed by atoms with Crippen molar-refractivity contribution in [1.82, 2.24) is 9.73 Å². The number of aliphatic imine (C=N–C) groups is 1. The molecule has 0 bridgehead atoms. The zero-order valence-electron chi connectivity index (χ0n) is 12.7. The Morgan fingerprint density at radius 1 is 1.41 bits per heavy atom. The molecular weight excluding hydrogens is 302 g/mol. The van der Waals surface area contributed by atoms with Crippen LogP contribution in [-0.4, -0.2) is 45.6 Å². The minimum absolute atomic E-state index is 0.0838. The highest BCUT2D eigenvalue weighted by atomic mass is 32.2. The quantitative estimate of drug-likeness (QED) is 0.461. The second-order valence-corrected chi connectivity index (χ2v) is 7.56. The van der Waals surface area contributed by atoms with E-state index in [4.69, 9.17) is 5.73 Å². The first kappa shape index (κ1) is 16.3. The topological polar surface area (TPSA) is 100 Å². The lowest BCUT2D eigenvalue weighted by Gasteiger charge is -2.18. The van der Waals surface area contributed by atoms with Crippen LogP contribution in [0.5, 0.6) is 0 Å². The molecule has 0 unspecified atom stereocenters. The molecule has 0 aromatic heterocycles. The summed E-state index contributed by atoms with van der Waals surface area (Å²) in [6.07, 6.45) is 3.12. The van der Waals surface area contributed by atoms with E-state index in [1.165, 1.54) is 18.5 Å². The fraction of sp³-hybridized carbons (Fsp3) is 0.429. The Hall–Kier alpha value is -2.09. The molecule has 1 aliphatic rings. The van der Waals surface area contributed by atoms with Crippen molar-refractivity contribution in [2.45, 2.75) is 18.7 Å². The number of rotatable bonds is 6. The fourth-order valence-electron chi connectivity index (χ4n) is 1.99. The molecule has 1 aromatic carbocycles. The Bertz CT molecular complexity index is 665. The summed E-state index contributed by atoms with van der Waals surface area (Å²) < 4.78 is 26.3. The second kappa shape index (κ2) is 6.35. The molecule has 0 atom stereocenters. The van der Waals surface area contributed by atoms with Gasteiger partial charge in [0, 0.05) is 23.9 Å². The van der Waals surface area contributed by atoms with Gasteiger partial charge in [0.05, 0.1) is 24.3 Å². The van der Waals surface area contributed by atoms with Crippen LogP contribution in [0, 0.1) is 5.41 Å². The molecule has 0 fully saturated rings. The van der Waals surface area contributed by atoms with Gasteiger partial charge in [-0.05, 0) is 24.3 Å². The molecule has 0 aliphatic carbocycles. The van der Waals surface area contributed by atoms with E-state index in [1.54, 1.807) is 12.1 Å². The molecule has 22 heavy (non-hydrogen) atoms. The van der Waals surface area contributed by atoms with Gasteiger partial charge in [-0.3, -0.25) is 14.7 Å². The molecule has 1 heterocycles. The number of hydrazone groups is 1. The third kappa shape index (κ3) is 4.45. The lowest BCUT2D eigenvalue weighted by atomic mass is 9.97. The van der Waals surface area contributed by atoms with Gasteiger partial charge in [0.1, 0.15) is 0 Å². The molecule has 3 N–H and O–H groups in total. The van der Waals surface area contributed by atoms with Crippen LogP contribution in [0.25, 0.3) is 0 Å². The maximum atomic E-state index is 12.0. The SMILES string of the molecule is CC1(C)C=NN(CCN=CNS(=O)(=O)c2ccc(N)cc2)C1. The van der Waals surface area contributed by atoms with E-state index in [2.05, 4.69) is 28.7 Å². The molecule has 0 spiro atoms. The van der Waals surface area contributed by atoms with Crippen molar-refractivity contribution >= 4 is 28.3 Å². The molecule has 7 nitrogen and oxygen atoms in total. The van der Waals surface area contributed by atoms with E-state index in [9.17, 15) is 8.42 Å². The van der Waals surface area contributed by atoms with Crippen LogP contribution in [-0.2, 0) is 10.0 Å². The highest BCUT2D eigenvalue weighted by molar-refractivity contribution is 7.90. The predicted octanol–water partition coefficient (Wildman–Crippen LogP) is 0.903. The molecule has 1 aliphatic heterocycles. The number of benzene rings is 1. The molecule has 8 heteroatoms. The number of sulfonamides is 1. The Morgan fingerprint density at radius 3 is 2.68 bits per heavy atom. The maximum Gasteiger partial charge on any atom is 0.262 e. The first-order valence-corrected chi connectivity index (χ1v) is 8.43. The molecule has 1 aromatic rings. The molecule has 0 saturated carbocycles. The second-order valence-electron chi connectivity index (χ2n) is 5.85. The van der Waals surface area contributed by atoms with Crippen molar-refractivity contribution in [3.05, 3.63) is 24.3 Å². The Labute approximate surface area is 131 Å². The third-order valence-corrected chi connectivity index (χ3v) is 4.45. The van der Waals surface area contributed by atoms with Gasteiger partial charge >= 0.3 is 0 Å². The summed E-state index contributed by atoms with van der Waals surface area (Å²) in [7, 11) is -3.59. The minimum Gasteiger partial charge on any atom is -0.399 e. The van der Waals surface area contributed by atoms with Gasteiger partial charge in [-0.2, -0.15) is 5.10 Å². The number of anilines is 1. The van der Waals surface area contributed by atoms with E-state index in [0.717, 1.165) is 6.54 Å². The van der Waals surface area contributed by atoms with E-state index in [1.807, 2.05) is 11.2 Å². The lowest BCUT2D eigenvalue weighted by molar-refractivity contribution is 0.273. The van der Waals surface area contributed by atoms with Crippen LogP contribution in [0.3, 0.4) is 0 Å². The summed E-state index contributed by atoms with van der Waals surface area (Å²) in [5, 5.41) is 6.20. The van der Waals surface area contributed by atoms with Gasteiger partial charge in [-0.25, -0.2) is 8.42 Å². The van der Waals surface area contributed by atoms with Gasteiger partial charge in [0.2, 0.25) is 0 Å². The lowest BCUT2D eigenvalue weighted by Crippen LogP contribution is -2.26. The smallest absolute Gasteiger partial charge is 0.262 e. The van der Waals surface area contributed by atoms with Crippen LogP contribution in [0.2, 0.25) is 0 Å². The third-order valence-electron chi connectivity index (χ3n) is 3.14. The van der Waals surface area contributed by atoms with E-state index < -0.39 is 10.0 Å². The molecule has 0 saturated heterocycles. The van der Waals surface area contributed by atoms with Crippen LogP contribution in [0.4, 0.5) is 5.69 Å². The number of nitrogens with two attached hydrogens (primary N) is 1. The van der Waals surface area contributed by atoms with Gasteiger partial charge in [0.25, 0.3) is 10.0 Å². The average molecular weight is 323 g/mol. The van der Waals surface area contributed by atoms with E-state index in [0.29, 0.717) is 18.8 Å². The molecule has 0 amide bonds. The van der Waals surface area contributed by atoms with Crippen molar-refractivity contribution in [2.75, 3.05) is 25.4 Å². The number of hydrogen-bond acceptors (Lipinski definition) is 6. The Kier molecular flexibility index (Phi) is 4.70. The van der Waals surface area contributed by atoms with Crippen LogP contribution in [0.1, 0.15) is 13.8 Å². The van der Waals surface area contributed by atoms with Crippen LogP contribution in [0.15, 0.2) is 39.3 Å². The van der Waals surface area contributed by atoms with Gasteiger partial charge in [0.15, 0.2) is 0 Å². The van der Waals surface area contributed by atoms with Gasteiger partial charge < -0.3 is 5.73 Å². The van der Waals surface area contributed by atoms with Gasteiger partial charge in [-0.1, -0.05) is 13.8 Å². The average Bonchev–Trinajstić information content (AvgIpc) is 2.78. The van der Waals surface area contributed by atoms with E-state index in [-0.39, 0.29) is 10.3 Å². The highest BCUT2D eigenvalue weighted by Crippen LogP contribution is 2.19. The van der Waals surface area contributed by atoms with Crippen molar-refractivity contribution in [3.8, 4) is 0 Å². The maximum absolute atomic E-state index is 12.0. The summed E-state index contributed by atoms with van der Waals surface area (Å²) >= 11 is 0. The van der Waals surface area contributed by atoms with Crippen LogP contribution < -0.4 is 10.5 Å². The van der Waals surface area contributed by atoms with E-state index >= 15 is 0 Å². The predicted molar refractivity (Wildman–Crippen MR) is 88.4 cm³/mol. The first-order valence-electron chi connectivity index (χ1n) is 6.95. The zero-order chi connectivity index (χ0) is 16.2. The van der Waals surface area contributed by atoms with Crippen molar-refractivity contribution in [3.63, 3.8) is 0 Å². The minimum atomic E-state index is -3.59. The summed E-state index contributed by atoms with van der Waals surface area (Å²) in [6, 6.07) is 5.98. The Balaban J connectivity index is 1.80. The summed E-state index contributed by atoms with van der Waals surface area (Å²) in [6.45, 7) is 6.19. The first-order chi connectivity index (χ1) is 10.3. The Morgan fingerprint density at radius 2 is 2.09 bits per heavy atom. The standard InChI is InChI=1S/C14H21N5O2S/c1-14(2)9-17-19(10-14)8-7-16-11-18-22(20,21)13-5-3-12(15)4-6-13/h3-6,9,11H,7-8,10,15H2,1-2H3,(H,16,18). The molecule has 120 valence electrons. The van der Waals surface area contributed by atoms with Crippen molar-refractivity contribution in [2.24, 2.45) is 15.5 Å². The normalized spacial score (nSPS) is 17.3. The molecular formula is C14H21N5O2S. The molecule has 2 rings (SSSR count). The number of nitrogens with one attached hydrogen (secondary N) is 1. The fourth-order valence-corrected chi connectivity index (χ4v) is 2.83. The largest absolute Gasteiger partial charge is 0.399 e. The summed E-state index contributed by atoms with van der Waals surface area (Å²) in [5.41, 5.74) is 6.13. The van der Waals surface area contributed by atoms with Crippen molar-refractivity contribution in [1.29, 1.82) is 0 Å². The summed E-state index contributed by atoms with van der Waals surface area (Å²) in [4.78, 5) is 4.21. The van der Waals surface area contributed by atoms with Crippen LogP contribution >= 0.6 is 0 Å². The zero-order valence-corrected chi connectivity index (χ0v) is 13.5. The number of nitrogen functional groups attached to an aromatic ring is 1. The number of nitrogens with zero attached hydrogens (tertiary/aromatic N) is 3. The van der Waals surface area contributed by atoms with Crippen molar-refractivity contribution < 1.29 is 8.42 Å². The monoisotopic (exact) mass is 323 g/mol.